The number of aromatic nitrogens is 1. The van der Waals surface area contributed by atoms with Crippen LogP contribution in [0.2, 0.25) is 0 Å². The lowest BCUT2D eigenvalue weighted by molar-refractivity contribution is -0.143. The van der Waals surface area contributed by atoms with Crippen molar-refractivity contribution in [3.05, 3.63) is 24.5 Å². The molecule has 1 atom stereocenters. The number of rotatable bonds is 5. The molecule has 0 aliphatic carbocycles. The Morgan fingerprint density at radius 2 is 2.44 bits per heavy atom. The van der Waals surface area contributed by atoms with Crippen LogP contribution < -0.4 is 0 Å². The van der Waals surface area contributed by atoms with E-state index in [1.54, 1.807) is 38.5 Å². The van der Waals surface area contributed by atoms with Crippen LogP contribution in [0.3, 0.4) is 0 Å². The first-order valence-electron chi connectivity index (χ1n) is 4.92. The fraction of sp³-hybridized carbons (Fsp3) is 0.400. The molecule has 1 aromatic rings. The lowest BCUT2D eigenvalue weighted by Gasteiger charge is -2.18. The van der Waals surface area contributed by atoms with Gasteiger partial charge in [-0.15, -0.1) is 5.11 Å². The van der Waals surface area contributed by atoms with Crippen molar-refractivity contribution in [3.8, 4) is 0 Å². The monoisotopic (exact) mass is 222 g/mol. The van der Waals surface area contributed by atoms with Gasteiger partial charge in [0.25, 0.3) is 0 Å². The lowest BCUT2D eigenvalue weighted by Crippen LogP contribution is -2.33. The van der Waals surface area contributed by atoms with Crippen LogP contribution in [0.1, 0.15) is 13.3 Å². The van der Waals surface area contributed by atoms with E-state index in [2.05, 4.69) is 15.3 Å². The van der Waals surface area contributed by atoms with Crippen LogP contribution in [-0.2, 0) is 4.79 Å². The summed E-state index contributed by atoms with van der Waals surface area (Å²) < 4.78 is 0. The normalized spacial score (nSPS) is 12.6. The topological polar surface area (TPSA) is 78.1 Å². The summed E-state index contributed by atoms with van der Waals surface area (Å²) >= 11 is 0. The molecule has 1 heterocycles. The Balaban J connectivity index is 2.66. The molecule has 1 N–H and O–H groups in total. The zero-order chi connectivity index (χ0) is 12.0. The highest BCUT2D eigenvalue weighted by Gasteiger charge is 2.19. The van der Waals surface area contributed by atoms with E-state index in [-0.39, 0.29) is 0 Å². The number of hydrogen-bond acceptors (Lipinski definition) is 4. The maximum Gasteiger partial charge on any atom is 0.328 e. The van der Waals surface area contributed by atoms with E-state index in [0.717, 1.165) is 0 Å². The summed E-state index contributed by atoms with van der Waals surface area (Å²) in [6.45, 7) is 1.79. The molecule has 16 heavy (non-hydrogen) atoms. The van der Waals surface area contributed by atoms with Gasteiger partial charge in [0.15, 0.2) is 0 Å². The molecule has 0 radical (unpaired) electrons. The van der Waals surface area contributed by atoms with Crippen LogP contribution in [0.25, 0.3) is 0 Å². The highest BCUT2D eigenvalue weighted by Crippen LogP contribution is 2.10. The van der Waals surface area contributed by atoms with Gasteiger partial charge >= 0.3 is 5.97 Å². The van der Waals surface area contributed by atoms with Crippen molar-refractivity contribution in [1.29, 1.82) is 0 Å². The number of carbonyl (C=O) groups is 1. The lowest BCUT2D eigenvalue weighted by atomic mass is 10.2. The van der Waals surface area contributed by atoms with Crippen LogP contribution in [0.4, 0.5) is 5.69 Å². The summed E-state index contributed by atoms with van der Waals surface area (Å²) in [5, 5.41) is 17.9. The second-order valence-corrected chi connectivity index (χ2v) is 3.24. The predicted octanol–water partition coefficient (Wildman–Crippen LogP) is 1.88. The second kappa shape index (κ2) is 5.79. The molecule has 0 fully saturated rings. The number of nitrogens with zero attached hydrogens (tertiary/aromatic N) is 4. The smallest absolute Gasteiger partial charge is 0.328 e. The Hall–Kier alpha value is -1.98. The molecule has 1 aromatic heterocycles. The van der Waals surface area contributed by atoms with Crippen LogP contribution in [-0.4, -0.2) is 34.2 Å². The Labute approximate surface area is 93.6 Å². The zero-order valence-electron chi connectivity index (χ0n) is 9.24. The minimum absolute atomic E-state index is 0.470. The van der Waals surface area contributed by atoms with Crippen molar-refractivity contribution in [2.45, 2.75) is 19.4 Å². The van der Waals surface area contributed by atoms with Gasteiger partial charge in [-0.3, -0.25) is 9.99 Å². The van der Waals surface area contributed by atoms with Crippen molar-refractivity contribution in [2.75, 3.05) is 7.05 Å². The third-order valence-corrected chi connectivity index (χ3v) is 2.07. The number of pyridine rings is 1. The summed E-state index contributed by atoms with van der Waals surface area (Å²) in [7, 11) is 1.59. The van der Waals surface area contributed by atoms with Gasteiger partial charge in [-0.25, -0.2) is 4.79 Å². The molecular formula is C10H14N4O2. The fourth-order valence-electron chi connectivity index (χ4n) is 1.20. The van der Waals surface area contributed by atoms with Crippen molar-refractivity contribution in [1.82, 2.24) is 9.99 Å². The molecular weight excluding hydrogens is 208 g/mol. The van der Waals surface area contributed by atoms with E-state index >= 15 is 0 Å². The van der Waals surface area contributed by atoms with Gasteiger partial charge in [0.1, 0.15) is 11.7 Å². The van der Waals surface area contributed by atoms with Crippen LogP contribution >= 0.6 is 0 Å². The maximum absolute atomic E-state index is 10.8. The molecule has 0 spiro atoms. The van der Waals surface area contributed by atoms with Gasteiger partial charge in [0.05, 0.1) is 6.20 Å². The Morgan fingerprint density at radius 3 is 2.94 bits per heavy atom. The molecule has 0 aliphatic rings. The molecule has 0 aromatic carbocycles. The molecule has 0 bridgehead atoms. The molecule has 6 heteroatoms. The Bertz CT molecular complexity index is 366. The molecule has 0 amide bonds. The maximum atomic E-state index is 10.8. The number of carboxylic acids is 1. The van der Waals surface area contributed by atoms with Crippen molar-refractivity contribution >= 4 is 11.7 Å². The number of hydrogen-bond donors (Lipinski definition) is 1. The SMILES string of the molecule is CCC(C(=O)O)N(C)N=Nc1cccnc1. The van der Waals surface area contributed by atoms with Gasteiger partial charge in [-0.2, -0.15) is 0 Å². The van der Waals surface area contributed by atoms with E-state index in [4.69, 9.17) is 5.11 Å². The van der Waals surface area contributed by atoms with E-state index < -0.39 is 12.0 Å². The average molecular weight is 222 g/mol. The highest BCUT2D eigenvalue weighted by atomic mass is 16.4. The standard InChI is InChI=1S/C10H14N4O2/c1-3-9(10(15)16)14(2)13-12-8-5-4-6-11-7-8/h4-7,9H,3H2,1-2H3,(H,15,16). The minimum Gasteiger partial charge on any atom is -0.480 e. The fourth-order valence-corrected chi connectivity index (χ4v) is 1.20. The zero-order valence-corrected chi connectivity index (χ0v) is 9.24. The summed E-state index contributed by atoms with van der Waals surface area (Å²) in [6, 6.07) is 2.83. The van der Waals surface area contributed by atoms with Gasteiger partial charge < -0.3 is 5.11 Å². The molecule has 86 valence electrons. The molecule has 1 rings (SSSR count). The van der Waals surface area contributed by atoms with Crippen molar-refractivity contribution in [2.24, 2.45) is 10.3 Å². The number of carboxylic acid groups (broad SMARTS) is 1. The summed E-state index contributed by atoms with van der Waals surface area (Å²) in [5.74, 6) is -0.907. The van der Waals surface area contributed by atoms with Gasteiger partial charge in [-0.1, -0.05) is 12.1 Å². The van der Waals surface area contributed by atoms with E-state index in [0.29, 0.717) is 12.1 Å². The number of aliphatic carboxylic acids is 1. The quantitative estimate of drug-likeness (QED) is 0.609. The average Bonchev–Trinajstić information content (AvgIpc) is 2.28. The highest BCUT2D eigenvalue weighted by molar-refractivity contribution is 5.73. The van der Waals surface area contributed by atoms with E-state index in [1.165, 1.54) is 5.01 Å². The molecule has 1 unspecified atom stereocenters. The first-order chi connectivity index (χ1) is 7.65. The Kier molecular flexibility index (Phi) is 4.38. The first-order valence-corrected chi connectivity index (χ1v) is 4.92. The number of likely N-dealkylation sites (N-methyl/N-ethyl adjacent to an activating group) is 1. The summed E-state index contributed by atoms with van der Waals surface area (Å²) in [6.07, 6.45) is 3.66. The van der Waals surface area contributed by atoms with Gasteiger partial charge in [0, 0.05) is 13.2 Å². The van der Waals surface area contributed by atoms with Crippen LogP contribution in [0, 0.1) is 0 Å². The van der Waals surface area contributed by atoms with Crippen molar-refractivity contribution < 1.29 is 9.90 Å². The predicted molar refractivity (Wildman–Crippen MR) is 58.2 cm³/mol. The third-order valence-electron chi connectivity index (χ3n) is 2.07. The molecule has 0 aliphatic heterocycles. The molecule has 6 nitrogen and oxygen atoms in total. The van der Waals surface area contributed by atoms with Crippen LogP contribution in [0.5, 0.6) is 0 Å². The van der Waals surface area contributed by atoms with Gasteiger partial charge in [-0.05, 0) is 18.6 Å². The van der Waals surface area contributed by atoms with E-state index in [1.807, 2.05) is 0 Å². The molecule has 0 saturated carbocycles. The van der Waals surface area contributed by atoms with Crippen molar-refractivity contribution in [3.63, 3.8) is 0 Å². The second-order valence-electron chi connectivity index (χ2n) is 3.24. The first kappa shape index (κ1) is 12.1. The summed E-state index contributed by atoms with van der Waals surface area (Å²) in [5.41, 5.74) is 0.592. The minimum atomic E-state index is -0.907. The summed E-state index contributed by atoms with van der Waals surface area (Å²) in [4.78, 5) is 14.7. The largest absolute Gasteiger partial charge is 0.480 e. The van der Waals surface area contributed by atoms with Gasteiger partial charge in [0.2, 0.25) is 0 Å². The molecule has 0 saturated heterocycles. The van der Waals surface area contributed by atoms with E-state index in [9.17, 15) is 4.79 Å². The Morgan fingerprint density at radius 1 is 1.69 bits per heavy atom. The van der Waals surface area contributed by atoms with Crippen LogP contribution in [0.15, 0.2) is 34.9 Å². The third kappa shape index (κ3) is 3.30.